The minimum Gasteiger partial charge on any atom is -0.307 e. The third kappa shape index (κ3) is 2.25. The van der Waals surface area contributed by atoms with Crippen LogP contribution in [0.5, 0.6) is 0 Å². The Bertz CT molecular complexity index is 563. The first kappa shape index (κ1) is 12.6. The molecule has 1 atom stereocenters. The van der Waals surface area contributed by atoms with Gasteiger partial charge in [0.1, 0.15) is 0 Å². The molecule has 2 nitrogen and oxygen atoms in total. The molecular weight excluding hydrogens is 232 g/mol. The van der Waals surface area contributed by atoms with E-state index in [4.69, 9.17) is 0 Å². The SMILES string of the molecule is CC(C)CC1(c2cncc3ccccc23)CCCN1. The Morgan fingerprint density at radius 1 is 1.26 bits per heavy atom. The molecule has 1 saturated heterocycles. The summed E-state index contributed by atoms with van der Waals surface area (Å²) in [5, 5.41) is 6.37. The van der Waals surface area contributed by atoms with Crippen molar-refractivity contribution in [2.75, 3.05) is 6.54 Å². The lowest BCUT2D eigenvalue weighted by Gasteiger charge is -2.33. The summed E-state index contributed by atoms with van der Waals surface area (Å²) < 4.78 is 0. The molecule has 2 heterocycles. The number of fused-ring (bicyclic) bond motifs is 1. The zero-order chi connectivity index (χ0) is 13.3. The van der Waals surface area contributed by atoms with Crippen molar-refractivity contribution in [2.24, 2.45) is 5.92 Å². The highest BCUT2D eigenvalue weighted by Gasteiger charge is 2.37. The molecule has 0 radical (unpaired) electrons. The summed E-state index contributed by atoms with van der Waals surface area (Å²) >= 11 is 0. The summed E-state index contributed by atoms with van der Waals surface area (Å²) in [7, 11) is 0. The van der Waals surface area contributed by atoms with E-state index in [1.165, 1.54) is 35.6 Å². The van der Waals surface area contributed by atoms with Gasteiger partial charge in [-0.25, -0.2) is 0 Å². The number of benzene rings is 1. The molecule has 1 aliphatic heterocycles. The van der Waals surface area contributed by atoms with E-state index in [0.717, 1.165) is 6.54 Å². The van der Waals surface area contributed by atoms with Crippen LogP contribution < -0.4 is 5.32 Å². The van der Waals surface area contributed by atoms with E-state index in [0.29, 0.717) is 5.92 Å². The number of hydrogen-bond acceptors (Lipinski definition) is 2. The van der Waals surface area contributed by atoms with E-state index in [1.807, 2.05) is 6.20 Å². The third-order valence-corrected chi connectivity index (χ3v) is 4.18. The topological polar surface area (TPSA) is 24.9 Å². The molecule has 0 spiro atoms. The summed E-state index contributed by atoms with van der Waals surface area (Å²) in [4.78, 5) is 4.47. The molecule has 1 fully saturated rings. The molecule has 100 valence electrons. The second-order valence-electron chi connectivity index (χ2n) is 6.12. The van der Waals surface area contributed by atoms with Gasteiger partial charge in [-0.3, -0.25) is 4.98 Å². The first-order chi connectivity index (χ1) is 9.21. The molecule has 2 heteroatoms. The Hall–Kier alpha value is -1.41. The monoisotopic (exact) mass is 254 g/mol. The van der Waals surface area contributed by atoms with E-state index >= 15 is 0 Å². The lowest BCUT2D eigenvalue weighted by molar-refractivity contribution is 0.312. The minimum atomic E-state index is 0.127. The summed E-state index contributed by atoms with van der Waals surface area (Å²) in [6, 6.07) is 8.60. The molecule has 1 N–H and O–H groups in total. The lowest BCUT2D eigenvalue weighted by Crippen LogP contribution is -2.38. The van der Waals surface area contributed by atoms with Crippen molar-refractivity contribution < 1.29 is 0 Å². The zero-order valence-corrected chi connectivity index (χ0v) is 11.8. The molecule has 0 aliphatic carbocycles. The first-order valence-corrected chi connectivity index (χ1v) is 7.29. The molecule has 1 aliphatic rings. The predicted molar refractivity (Wildman–Crippen MR) is 80.1 cm³/mol. The Morgan fingerprint density at radius 3 is 2.84 bits per heavy atom. The highest BCUT2D eigenvalue weighted by atomic mass is 15.0. The van der Waals surface area contributed by atoms with Gasteiger partial charge in [-0.1, -0.05) is 38.1 Å². The maximum atomic E-state index is 4.47. The average molecular weight is 254 g/mol. The Kier molecular flexibility index (Phi) is 3.28. The minimum absolute atomic E-state index is 0.127. The van der Waals surface area contributed by atoms with Gasteiger partial charge in [-0.05, 0) is 42.7 Å². The average Bonchev–Trinajstić information content (AvgIpc) is 2.87. The number of aromatic nitrogens is 1. The van der Waals surface area contributed by atoms with Crippen LogP contribution in [-0.2, 0) is 5.54 Å². The molecule has 1 aromatic carbocycles. The van der Waals surface area contributed by atoms with E-state index in [-0.39, 0.29) is 5.54 Å². The van der Waals surface area contributed by atoms with Gasteiger partial charge in [0.2, 0.25) is 0 Å². The standard InChI is InChI=1S/C17H22N2/c1-13(2)10-17(8-5-9-19-17)16-12-18-11-14-6-3-4-7-15(14)16/h3-4,6-7,11-13,19H,5,8-10H2,1-2H3. The van der Waals surface area contributed by atoms with E-state index < -0.39 is 0 Å². The van der Waals surface area contributed by atoms with Crippen LogP contribution in [-0.4, -0.2) is 11.5 Å². The van der Waals surface area contributed by atoms with Crippen LogP contribution in [0.3, 0.4) is 0 Å². The van der Waals surface area contributed by atoms with E-state index in [2.05, 4.69) is 54.6 Å². The molecule has 0 bridgehead atoms. The maximum Gasteiger partial charge on any atom is 0.0459 e. The van der Waals surface area contributed by atoms with Crippen LogP contribution in [0.2, 0.25) is 0 Å². The number of rotatable bonds is 3. The number of nitrogens with one attached hydrogen (secondary N) is 1. The fraction of sp³-hybridized carbons (Fsp3) is 0.471. The maximum absolute atomic E-state index is 4.47. The van der Waals surface area contributed by atoms with Crippen molar-refractivity contribution >= 4 is 10.8 Å². The fourth-order valence-electron chi connectivity index (χ4n) is 3.52. The highest BCUT2D eigenvalue weighted by molar-refractivity contribution is 5.85. The van der Waals surface area contributed by atoms with Crippen molar-refractivity contribution in [3.8, 4) is 0 Å². The summed E-state index contributed by atoms with van der Waals surface area (Å²) in [5.74, 6) is 0.685. The highest BCUT2D eigenvalue weighted by Crippen LogP contribution is 2.39. The molecule has 1 unspecified atom stereocenters. The van der Waals surface area contributed by atoms with Gasteiger partial charge in [-0.15, -0.1) is 0 Å². The second kappa shape index (κ2) is 4.93. The van der Waals surface area contributed by atoms with Gasteiger partial charge >= 0.3 is 0 Å². The van der Waals surface area contributed by atoms with Crippen LogP contribution in [0, 0.1) is 5.92 Å². The molecular formula is C17H22N2. The van der Waals surface area contributed by atoms with Crippen LogP contribution in [0.15, 0.2) is 36.7 Å². The van der Waals surface area contributed by atoms with Crippen molar-refractivity contribution in [1.29, 1.82) is 0 Å². The third-order valence-electron chi connectivity index (χ3n) is 4.18. The van der Waals surface area contributed by atoms with Crippen LogP contribution >= 0.6 is 0 Å². The Labute approximate surface area is 115 Å². The van der Waals surface area contributed by atoms with Gasteiger partial charge < -0.3 is 5.32 Å². The van der Waals surface area contributed by atoms with E-state index in [9.17, 15) is 0 Å². The van der Waals surface area contributed by atoms with Gasteiger partial charge in [0.05, 0.1) is 0 Å². The van der Waals surface area contributed by atoms with Gasteiger partial charge in [0.15, 0.2) is 0 Å². The first-order valence-electron chi connectivity index (χ1n) is 7.29. The number of hydrogen-bond donors (Lipinski definition) is 1. The van der Waals surface area contributed by atoms with Crippen LogP contribution in [0.4, 0.5) is 0 Å². The van der Waals surface area contributed by atoms with Crippen molar-refractivity contribution in [3.05, 3.63) is 42.2 Å². The van der Waals surface area contributed by atoms with Gasteiger partial charge in [0, 0.05) is 23.3 Å². The van der Waals surface area contributed by atoms with Gasteiger partial charge in [0.25, 0.3) is 0 Å². The fourth-order valence-corrected chi connectivity index (χ4v) is 3.52. The quantitative estimate of drug-likeness (QED) is 0.899. The largest absolute Gasteiger partial charge is 0.307 e. The lowest BCUT2D eigenvalue weighted by atomic mass is 9.80. The molecule has 3 rings (SSSR count). The normalized spacial score (nSPS) is 23.3. The van der Waals surface area contributed by atoms with E-state index in [1.54, 1.807) is 0 Å². The van der Waals surface area contributed by atoms with Crippen molar-refractivity contribution in [3.63, 3.8) is 0 Å². The number of pyridine rings is 1. The molecule has 2 aromatic rings. The zero-order valence-electron chi connectivity index (χ0n) is 11.8. The summed E-state index contributed by atoms with van der Waals surface area (Å²) in [5.41, 5.74) is 1.51. The van der Waals surface area contributed by atoms with Gasteiger partial charge in [-0.2, -0.15) is 0 Å². The molecule has 0 saturated carbocycles. The predicted octanol–water partition coefficient (Wildman–Crippen LogP) is 3.86. The Morgan fingerprint density at radius 2 is 2.11 bits per heavy atom. The van der Waals surface area contributed by atoms with Crippen molar-refractivity contribution in [2.45, 2.75) is 38.6 Å². The summed E-state index contributed by atoms with van der Waals surface area (Å²) in [6.45, 7) is 5.73. The van der Waals surface area contributed by atoms with Crippen LogP contribution in [0.1, 0.15) is 38.7 Å². The number of nitrogens with zero attached hydrogens (tertiary/aromatic N) is 1. The second-order valence-corrected chi connectivity index (χ2v) is 6.12. The molecule has 0 amide bonds. The summed E-state index contributed by atoms with van der Waals surface area (Å²) in [6.07, 6.45) is 7.71. The smallest absolute Gasteiger partial charge is 0.0459 e. The molecule has 1 aromatic heterocycles. The molecule has 19 heavy (non-hydrogen) atoms. The van der Waals surface area contributed by atoms with Crippen molar-refractivity contribution in [1.82, 2.24) is 10.3 Å². The Balaban J connectivity index is 2.15. The van der Waals surface area contributed by atoms with Crippen LogP contribution in [0.25, 0.3) is 10.8 Å².